The van der Waals surface area contributed by atoms with E-state index in [1.807, 2.05) is 119 Å². The highest BCUT2D eigenvalue weighted by Crippen LogP contribution is 2.50. The lowest BCUT2D eigenvalue weighted by atomic mass is 9.81. The second kappa shape index (κ2) is 29.2. The summed E-state index contributed by atoms with van der Waals surface area (Å²) in [5.74, 6) is -2.18. The minimum Gasteiger partial charge on any atom is -0.481 e. The Morgan fingerprint density at radius 1 is 0.445 bits per heavy atom. The van der Waals surface area contributed by atoms with Crippen molar-refractivity contribution in [3.05, 3.63) is 281 Å². The molecular formula is C91H81F4N11O12S. The Kier molecular flexibility index (Phi) is 19.4. The number of nitrogens with zero attached hydrogens (tertiary/aromatic N) is 11. The van der Waals surface area contributed by atoms with Crippen LogP contribution >= 0.6 is 11.3 Å². The van der Waals surface area contributed by atoms with E-state index in [9.17, 15) is 67.1 Å². The monoisotopic (exact) mass is 1630 g/mol. The van der Waals surface area contributed by atoms with E-state index < -0.39 is 74.4 Å². The van der Waals surface area contributed by atoms with E-state index >= 15 is 0 Å². The van der Waals surface area contributed by atoms with Gasteiger partial charge in [0.05, 0.1) is 64.4 Å². The number of aliphatic imine (C=N–C) groups is 1. The lowest BCUT2D eigenvalue weighted by Gasteiger charge is -2.31. The summed E-state index contributed by atoms with van der Waals surface area (Å²) < 4.78 is 69.6. The van der Waals surface area contributed by atoms with Crippen LogP contribution in [0.5, 0.6) is 5.88 Å². The molecular weight excluding hydrogens is 1550 g/mol. The molecule has 23 nitrogen and oxygen atoms in total. The topological polar surface area (TPSA) is 286 Å². The molecule has 6 aromatic carbocycles. The van der Waals surface area contributed by atoms with E-state index in [4.69, 9.17) is 9.15 Å². The van der Waals surface area contributed by atoms with E-state index in [2.05, 4.69) is 20.2 Å². The first-order valence-corrected chi connectivity index (χ1v) is 39.6. The number of aliphatic hydroxyl groups is 5. The molecule has 606 valence electrons. The normalized spacial score (nSPS) is 22.5. The molecule has 5 aromatic heterocycles. The van der Waals surface area contributed by atoms with Crippen molar-refractivity contribution in [1.29, 1.82) is 0 Å². The number of methoxy groups -OCH3 is 1. The Labute approximate surface area is 684 Å². The summed E-state index contributed by atoms with van der Waals surface area (Å²) in [6, 6.07) is 32.4. The van der Waals surface area contributed by atoms with E-state index in [0.717, 1.165) is 61.7 Å². The van der Waals surface area contributed by atoms with Gasteiger partial charge < -0.3 is 59.2 Å². The van der Waals surface area contributed by atoms with E-state index in [1.165, 1.54) is 31.4 Å². The van der Waals surface area contributed by atoms with Crippen LogP contribution < -0.4 is 29.2 Å². The van der Waals surface area contributed by atoms with Crippen molar-refractivity contribution >= 4 is 115 Å². The molecule has 0 radical (unpaired) electrons. The molecule has 21 rings (SSSR count). The number of thiophene rings is 1. The number of ketones is 5. The van der Waals surface area contributed by atoms with Gasteiger partial charge in [0.15, 0.2) is 28.0 Å². The molecule has 0 unspecified atom stereocenters. The van der Waals surface area contributed by atoms with Crippen molar-refractivity contribution < 1.29 is 76.2 Å². The van der Waals surface area contributed by atoms with Crippen LogP contribution in [0.4, 0.5) is 51.0 Å². The van der Waals surface area contributed by atoms with Gasteiger partial charge in [0, 0.05) is 148 Å². The molecule has 10 aliphatic rings. The van der Waals surface area contributed by atoms with Crippen molar-refractivity contribution in [3.8, 4) is 5.88 Å². The maximum absolute atomic E-state index is 14.0. The van der Waals surface area contributed by atoms with Crippen LogP contribution in [-0.4, -0.2) is 153 Å². The Bertz CT molecular complexity index is 6340. The lowest BCUT2D eigenvalue weighted by Crippen LogP contribution is -2.48. The number of halogens is 4. The average molecular weight is 1630 g/mol. The van der Waals surface area contributed by atoms with Gasteiger partial charge in [0.2, 0.25) is 34.8 Å². The Morgan fingerprint density at radius 2 is 0.874 bits per heavy atom. The molecule has 28 heteroatoms. The summed E-state index contributed by atoms with van der Waals surface area (Å²) in [5.41, 5.74) is 6.06. The molecule has 119 heavy (non-hydrogen) atoms. The number of Topliss-reactive ketones (excluding diaryl/α,β-unsaturated/α-hetero) is 5. The largest absolute Gasteiger partial charge is 0.481 e. The molecule has 11 aromatic rings. The quantitative estimate of drug-likeness (QED) is 0.0967. The van der Waals surface area contributed by atoms with Gasteiger partial charge in [-0.1, -0.05) is 17.7 Å². The molecule has 5 fully saturated rings. The third-order valence-corrected chi connectivity index (χ3v) is 24.8. The zero-order chi connectivity index (χ0) is 84.0. The number of furan rings is 1. The first kappa shape index (κ1) is 78.9. The number of anilines is 5. The molecule has 11 heterocycles. The highest BCUT2D eigenvalue weighted by molar-refractivity contribution is 7.14. The molecule has 5 atom stereocenters. The van der Waals surface area contributed by atoms with Gasteiger partial charge >= 0.3 is 0 Å². The van der Waals surface area contributed by atoms with Crippen LogP contribution in [0.15, 0.2) is 184 Å². The molecule has 5 saturated heterocycles. The standard InChI is InChI=1S/C22H18FNO3.C19H17FN2O3.C17H14FNO2S.C17H17N3O2.C16H15FN4O2/c1-12-7-14-10-20-22(26,21(25)17(14)11-18(12)23)5-6-24(20)16-3-4-19-15(9-16)8-13(2)27-19;1-11-7-12-8-16-19(24,18(23)14(12)10-15(11)20)4-6-22(16)13-3-5-21-17(9-13)25-2;1-10-7-11-8-14-17(21,16(20)12(11)9-13(10)18)4-5-19(14)15-3-2-6-22-15;1-11-3-4-12-8-15-17(22,16(21)14(12)7-11)5-6-20(15)13-9-18-19(2)10-13;1-9-5-13-11(6-12(9)17)14(22)16(23)3-4-21(15(16)19-13)10-7-18-20(2)8-10/h3-4,7-11,26H,5-6H2,1-2H3;3,5,7-10,24H,4,6H2,1-2H3;2-3,6-9,21H,4-5H2,1H3;3-4,7-10,22H,5-6H2,1-2H3;5-8,23H,3-4H2,1-2H3/t22-;19-;2*17-;16-/m00001/s1. The number of benzene rings is 6. The minimum atomic E-state index is -1.70. The number of pyridine rings is 1. The number of fused-ring (bicyclic) bond motifs is 11. The second-order valence-electron chi connectivity index (χ2n) is 31.6. The number of aryl methyl sites for hydroxylation is 8. The molecule has 0 spiro atoms. The predicted molar refractivity (Wildman–Crippen MR) is 443 cm³/mol. The number of amidine groups is 1. The zero-order valence-corrected chi connectivity index (χ0v) is 67.1. The summed E-state index contributed by atoms with van der Waals surface area (Å²) in [6.45, 7) is 13.1. The molecule has 0 saturated carbocycles. The SMILES string of the molecule is COc1cc(N2CC[C@@]3(O)C(=O)c4cc(F)c(C)cc4C=C23)ccn1.Cc1cc2c(cc1F)C(=O)[C@]1(O)CCN(c3cccs3)C1=C2.Cc1cc2c(cc1F)C(=O)[C@]1(O)CCN(c3cnn(C)c3)C1=N2.Cc1cc2cc(N3CC[C@@]4(O)C(=O)c5cc(F)c(C)cc5C=C34)ccc2o1.Cc1ccc2c(c1)C(=O)[C@]1(O)CCN(c3cnn(C)c3)C1=C2. The van der Waals surface area contributed by atoms with Crippen LogP contribution in [0, 0.1) is 64.8 Å². The van der Waals surface area contributed by atoms with Gasteiger partial charge in [0.1, 0.15) is 40.4 Å². The smallest absolute Gasteiger partial charge is 0.214 e. The van der Waals surface area contributed by atoms with Gasteiger partial charge in [-0.2, -0.15) is 10.2 Å². The summed E-state index contributed by atoms with van der Waals surface area (Å²) in [7, 11) is 5.18. The first-order chi connectivity index (χ1) is 56.7. The lowest BCUT2D eigenvalue weighted by molar-refractivity contribution is 0.0509. The fraction of sp³-hybridized carbons (Fsp3) is 0.264. The van der Waals surface area contributed by atoms with Crippen molar-refractivity contribution in [2.75, 3.05) is 64.3 Å². The number of hydrogen-bond donors (Lipinski definition) is 5. The minimum absolute atomic E-state index is 0.132. The van der Waals surface area contributed by atoms with Gasteiger partial charge in [0.25, 0.3) is 0 Å². The van der Waals surface area contributed by atoms with Gasteiger partial charge in [-0.15, -0.1) is 11.3 Å². The van der Waals surface area contributed by atoms with Crippen molar-refractivity contribution in [1.82, 2.24) is 24.5 Å². The van der Waals surface area contributed by atoms with E-state index in [-0.39, 0.29) is 53.1 Å². The fourth-order valence-electron chi connectivity index (χ4n) is 17.4. The Hall–Kier alpha value is -12.6. The van der Waals surface area contributed by atoms with Crippen molar-refractivity contribution in [2.24, 2.45) is 19.1 Å². The van der Waals surface area contributed by atoms with Crippen LogP contribution in [0.1, 0.15) is 140 Å². The number of hydrogen-bond acceptors (Lipinski definition) is 22. The summed E-state index contributed by atoms with van der Waals surface area (Å²) >= 11 is 1.57. The number of carbonyl (C=O) groups excluding carboxylic acids is 5. The van der Waals surface area contributed by atoms with Crippen molar-refractivity contribution in [3.63, 3.8) is 0 Å². The number of aromatic nitrogens is 5. The third kappa shape index (κ3) is 13.2. The van der Waals surface area contributed by atoms with Gasteiger partial charge in [-0.05, 0) is 213 Å². The van der Waals surface area contributed by atoms with Crippen LogP contribution in [-0.2, 0) is 14.1 Å². The highest BCUT2D eigenvalue weighted by Gasteiger charge is 2.56. The molecule has 0 amide bonds. The first-order valence-electron chi connectivity index (χ1n) is 38.7. The molecule has 6 aliphatic heterocycles. The zero-order valence-electron chi connectivity index (χ0n) is 66.2. The average Bonchev–Trinajstić information content (AvgIpc) is 1.65. The summed E-state index contributed by atoms with van der Waals surface area (Å²) in [6.07, 6.45) is 17.5. The number of rotatable bonds is 6. The predicted octanol–water partition coefficient (Wildman–Crippen LogP) is 14.1. The molecule has 4 aliphatic carbocycles. The number of ether oxygens (including phenoxy) is 1. The Morgan fingerprint density at radius 3 is 1.36 bits per heavy atom. The maximum Gasteiger partial charge on any atom is 0.214 e. The maximum atomic E-state index is 14.0. The van der Waals surface area contributed by atoms with Crippen LogP contribution in [0.2, 0.25) is 0 Å². The van der Waals surface area contributed by atoms with Gasteiger partial charge in [-0.25, -0.2) is 27.5 Å². The van der Waals surface area contributed by atoms with E-state index in [0.29, 0.717) is 124 Å². The Balaban J connectivity index is 0.000000107. The number of carbonyl (C=O) groups is 5. The second-order valence-corrected chi connectivity index (χ2v) is 32.5. The molecule has 0 bridgehead atoms. The summed E-state index contributed by atoms with van der Waals surface area (Å²) in [5, 5.41) is 67.1. The van der Waals surface area contributed by atoms with E-state index in [1.54, 1.807) is 128 Å². The highest BCUT2D eigenvalue weighted by atomic mass is 32.1. The van der Waals surface area contributed by atoms with Gasteiger partial charge in [-0.3, -0.25) is 33.3 Å². The summed E-state index contributed by atoms with van der Waals surface area (Å²) in [4.78, 5) is 82.2. The fourth-order valence-corrected chi connectivity index (χ4v) is 18.2. The molecule has 5 N–H and O–H groups in total. The van der Waals surface area contributed by atoms with Crippen molar-refractivity contribution in [2.45, 2.75) is 102 Å². The third-order valence-electron chi connectivity index (χ3n) is 23.9. The van der Waals surface area contributed by atoms with Crippen LogP contribution in [0.3, 0.4) is 0 Å². The van der Waals surface area contributed by atoms with Crippen LogP contribution in [0.25, 0.3) is 35.3 Å².